The summed E-state index contributed by atoms with van der Waals surface area (Å²) in [4.78, 5) is 15.9. The molecule has 0 aliphatic heterocycles. The van der Waals surface area contributed by atoms with Crippen LogP contribution in [0.2, 0.25) is 5.02 Å². The molecule has 0 bridgehead atoms. The molecule has 3 aromatic heterocycles. The van der Waals surface area contributed by atoms with Crippen molar-refractivity contribution in [1.82, 2.24) is 14.8 Å². The average Bonchev–Trinajstić information content (AvgIpc) is 3.22. The van der Waals surface area contributed by atoms with Crippen LogP contribution in [-0.2, 0) is 0 Å². The Morgan fingerprint density at radius 1 is 1.21 bits per heavy atom. The molecular formula is C17H10ClN3O2S. The third kappa shape index (κ3) is 2.66. The lowest BCUT2D eigenvalue weighted by molar-refractivity contribution is 0.112. The number of nitrogens with zero attached hydrogens (tertiary/aromatic N) is 3. The number of aromatic nitrogens is 3. The van der Waals surface area contributed by atoms with Crippen molar-refractivity contribution in [3.05, 3.63) is 63.9 Å². The van der Waals surface area contributed by atoms with E-state index < -0.39 is 0 Å². The van der Waals surface area contributed by atoms with Crippen LogP contribution in [0.5, 0.6) is 11.6 Å². The number of carbonyl (C=O) groups is 1. The number of thiophene rings is 1. The maximum absolute atomic E-state index is 10.8. The number of hydrogen-bond donors (Lipinski definition) is 0. The first-order chi connectivity index (χ1) is 11.7. The number of ether oxygens (including phenoxy) is 1. The first-order valence-electron chi connectivity index (χ1n) is 7.06. The SMILES string of the molecule is O=Cc1cc(-n2ncc3nc(Oc4ccccc4Cl)ccc32)cs1. The molecule has 4 rings (SSSR count). The number of pyridine rings is 1. The second-order valence-corrected chi connectivity index (χ2v) is 6.32. The second kappa shape index (κ2) is 6.07. The highest BCUT2D eigenvalue weighted by atomic mass is 35.5. The number of halogens is 1. The van der Waals surface area contributed by atoms with E-state index in [9.17, 15) is 4.79 Å². The van der Waals surface area contributed by atoms with E-state index in [-0.39, 0.29) is 0 Å². The smallest absolute Gasteiger partial charge is 0.220 e. The van der Waals surface area contributed by atoms with Crippen molar-refractivity contribution in [2.75, 3.05) is 0 Å². The van der Waals surface area contributed by atoms with Gasteiger partial charge in [-0.25, -0.2) is 9.67 Å². The summed E-state index contributed by atoms with van der Waals surface area (Å²) in [5, 5.41) is 6.74. The largest absolute Gasteiger partial charge is 0.437 e. The van der Waals surface area contributed by atoms with Crippen LogP contribution in [0.15, 0.2) is 54.0 Å². The summed E-state index contributed by atoms with van der Waals surface area (Å²) < 4.78 is 7.47. The number of rotatable bonds is 4. The van der Waals surface area contributed by atoms with Gasteiger partial charge in [-0.3, -0.25) is 4.79 Å². The maximum atomic E-state index is 10.8. The van der Waals surface area contributed by atoms with Crippen molar-refractivity contribution in [1.29, 1.82) is 0 Å². The van der Waals surface area contributed by atoms with Crippen molar-refractivity contribution < 1.29 is 9.53 Å². The molecule has 1 aromatic carbocycles. The summed E-state index contributed by atoms with van der Waals surface area (Å²) in [6.45, 7) is 0. The van der Waals surface area contributed by atoms with Gasteiger partial charge in [0.1, 0.15) is 11.3 Å². The van der Waals surface area contributed by atoms with Crippen LogP contribution in [0, 0.1) is 0 Å². The predicted molar refractivity (Wildman–Crippen MR) is 93.7 cm³/mol. The zero-order valence-corrected chi connectivity index (χ0v) is 13.8. The molecule has 7 heteroatoms. The fourth-order valence-electron chi connectivity index (χ4n) is 2.32. The van der Waals surface area contributed by atoms with Crippen molar-refractivity contribution in [3.8, 4) is 17.3 Å². The van der Waals surface area contributed by atoms with E-state index >= 15 is 0 Å². The van der Waals surface area contributed by atoms with E-state index in [0.717, 1.165) is 17.5 Å². The van der Waals surface area contributed by atoms with E-state index in [2.05, 4.69) is 10.1 Å². The lowest BCUT2D eigenvalue weighted by Crippen LogP contribution is -1.94. The predicted octanol–water partition coefficient (Wildman–Crippen LogP) is 4.74. The van der Waals surface area contributed by atoms with Gasteiger partial charge in [0, 0.05) is 11.4 Å². The molecule has 0 aliphatic carbocycles. The molecule has 0 spiro atoms. The molecule has 0 aliphatic rings. The molecule has 0 saturated carbocycles. The summed E-state index contributed by atoms with van der Waals surface area (Å²) in [6, 6.07) is 12.6. The highest BCUT2D eigenvalue weighted by Crippen LogP contribution is 2.29. The second-order valence-electron chi connectivity index (χ2n) is 4.97. The minimum Gasteiger partial charge on any atom is -0.437 e. The molecule has 0 radical (unpaired) electrons. The van der Waals surface area contributed by atoms with Gasteiger partial charge in [-0.2, -0.15) is 5.10 Å². The van der Waals surface area contributed by atoms with E-state index in [4.69, 9.17) is 16.3 Å². The van der Waals surface area contributed by atoms with E-state index in [0.29, 0.717) is 27.0 Å². The van der Waals surface area contributed by atoms with Crippen LogP contribution < -0.4 is 4.74 Å². The molecule has 4 aromatic rings. The minimum atomic E-state index is 0.439. The van der Waals surface area contributed by atoms with Crippen LogP contribution >= 0.6 is 22.9 Å². The Morgan fingerprint density at radius 3 is 2.88 bits per heavy atom. The summed E-state index contributed by atoms with van der Waals surface area (Å²) in [6.07, 6.45) is 2.49. The molecule has 0 atom stereocenters. The molecule has 118 valence electrons. The number of aldehydes is 1. The quantitative estimate of drug-likeness (QED) is 0.496. The highest BCUT2D eigenvalue weighted by molar-refractivity contribution is 7.12. The topological polar surface area (TPSA) is 57.0 Å². The van der Waals surface area contributed by atoms with E-state index in [1.807, 2.05) is 23.6 Å². The van der Waals surface area contributed by atoms with Gasteiger partial charge in [-0.1, -0.05) is 23.7 Å². The van der Waals surface area contributed by atoms with E-state index in [1.165, 1.54) is 11.3 Å². The monoisotopic (exact) mass is 355 g/mol. The molecule has 0 fully saturated rings. The Labute approximate surface area is 146 Å². The number of fused-ring (bicyclic) bond motifs is 1. The summed E-state index contributed by atoms with van der Waals surface area (Å²) >= 11 is 7.47. The first-order valence-corrected chi connectivity index (χ1v) is 8.31. The number of hydrogen-bond acceptors (Lipinski definition) is 5. The molecule has 0 N–H and O–H groups in total. The van der Waals surface area contributed by atoms with Crippen molar-refractivity contribution >= 4 is 40.3 Å². The third-order valence-corrected chi connectivity index (χ3v) is 4.58. The highest BCUT2D eigenvalue weighted by Gasteiger charge is 2.10. The van der Waals surface area contributed by atoms with Crippen LogP contribution in [-0.4, -0.2) is 21.1 Å². The number of para-hydroxylation sites is 1. The Kier molecular flexibility index (Phi) is 3.76. The Hall–Kier alpha value is -2.70. The zero-order chi connectivity index (χ0) is 16.5. The molecule has 0 saturated heterocycles. The lowest BCUT2D eigenvalue weighted by atomic mass is 10.3. The molecule has 3 heterocycles. The van der Waals surface area contributed by atoms with Gasteiger partial charge < -0.3 is 4.74 Å². The molecule has 0 amide bonds. The van der Waals surface area contributed by atoms with Gasteiger partial charge in [0.15, 0.2) is 6.29 Å². The molecule has 24 heavy (non-hydrogen) atoms. The Morgan fingerprint density at radius 2 is 2.08 bits per heavy atom. The van der Waals surface area contributed by atoms with Crippen LogP contribution in [0.3, 0.4) is 0 Å². The van der Waals surface area contributed by atoms with Gasteiger partial charge in [0.2, 0.25) is 5.88 Å². The first kappa shape index (κ1) is 14.9. The van der Waals surface area contributed by atoms with Gasteiger partial charge in [-0.15, -0.1) is 11.3 Å². The number of carbonyl (C=O) groups excluding carboxylic acids is 1. The Balaban J connectivity index is 1.70. The maximum Gasteiger partial charge on any atom is 0.220 e. The van der Waals surface area contributed by atoms with E-state index in [1.54, 1.807) is 35.1 Å². The number of benzene rings is 1. The van der Waals surface area contributed by atoms with Crippen molar-refractivity contribution in [2.24, 2.45) is 0 Å². The fourth-order valence-corrected chi connectivity index (χ4v) is 3.16. The lowest BCUT2D eigenvalue weighted by Gasteiger charge is -2.06. The average molecular weight is 356 g/mol. The Bertz CT molecular complexity index is 1040. The van der Waals surface area contributed by atoms with Crippen molar-refractivity contribution in [2.45, 2.75) is 0 Å². The molecule has 5 nitrogen and oxygen atoms in total. The van der Waals surface area contributed by atoms with Gasteiger partial charge in [0.25, 0.3) is 0 Å². The van der Waals surface area contributed by atoms with Crippen LogP contribution in [0.25, 0.3) is 16.7 Å². The molecular weight excluding hydrogens is 346 g/mol. The van der Waals surface area contributed by atoms with Gasteiger partial charge in [0.05, 0.1) is 27.3 Å². The summed E-state index contributed by atoms with van der Waals surface area (Å²) in [5.74, 6) is 0.987. The van der Waals surface area contributed by atoms with Gasteiger partial charge in [-0.05, 0) is 24.3 Å². The van der Waals surface area contributed by atoms with Crippen molar-refractivity contribution in [3.63, 3.8) is 0 Å². The fraction of sp³-hybridized carbons (Fsp3) is 0. The zero-order valence-electron chi connectivity index (χ0n) is 12.2. The van der Waals surface area contributed by atoms with Crippen LogP contribution in [0.4, 0.5) is 0 Å². The molecule has 0 unspecified atom stereocenters. The minimum absolute atomic E-state index is 0.439. The summed E-state index contributed by atoms with van der Waals surface area (Å²) in [7, 11) is 0. The van der Waals surface area contributed by atoms with Crippen LogP contribution in [0.1, 0.15) is 9.67 Å². The summed E-state index contributed by atoms with van der Waals surface area (Å²) in [5.41, 5.74) is 2.36. The third-order valence-electron chi connectivity index (χ3n) is 3.42. The standard InChI is InChI=1S/C17H10ClN3O2S/c18-13-3-1-2-4-16(13)23-17-6-5-15-14(20-17)8-19-21(15)11-7-12(9-22)24-10-11/h1-10H. The van der Waals surface area contributed by atoms with Gasteiger partial charge >= 0.3 is 0 Å². The normalized spacial score (nSPS) is 10.9.